The summed E-state index contributed by atoms with van der Waals surface area (Å²) in [5.41, 5.74) is 3.84. The van der Waals surface area contributed by atoms with Crippen LogP contribution >= 0.6 is 0 Å². The second-order valence-electron chi connectivity index (χ2n) is 6.30. The van der Waals surface area contributed by atoms with Gasteiger partial charge in [0.25, 0.3) is 0 Å². The molecule has 138 valence electrons. The predicted octanol–water partition coefficient (Wildman–Crippen LogP) is 3.74. The Morgan fingerprint density at radius 3 is 1.54 bits per heavy atom. The van der Waals surface area contributed by atoms with Crippen LogP contribution in [0.2, 0.25) is 0 Å². The van der Waals surface area contributed by atoms with Crippen LogP contribution < -0.4 is 0 Å². The maximum Gasteiger partial charge on any atom is 0.303 e. The second-order valence-corrected chi connectivity index (χ2v) is 6.30. The summed E-state index contributed by atoms with van der Waals surface area (Å²) in [4.78, 5) is 29.9. The van der Waals surface area contributed by atoms with Gasteiger partial charge in [-0.15, -0.1) is 0 Å². The van der Waals surface area contributed by atoms with E-state index in [1.807, 2.05) is 24.3 Å². The monoisotopic (exact) mass is 356 g/mol. The molecule has 0 fully saturated rings. The summed E-state index contributed by atoms with van der Waals surface area (Å²) in [6.45, 7) is 0. The maximum absolute atomic E-state index is 10.6. The molecule has 2 heterocycles. The van der Waals surface area contributed by atoms with Gasteiger partial charge in [-0.1, -0.05) is 0 Å². The number of aromatic nitrogens is 2. The number of carboxylic acid groups (broad SMARTS) is 2. The molecule has 0 amide bonds. The molecule has 0 saturated carbocycles. The molecule has 2 rings (SSSR count). The van der Waals surface area contributed by atoms with E-state index in [1.165, 1.54) is 0 Å². The summed E-state index contributed by atoms with van der Waals surface area (Å²) < 4.78 is 0. The van der Waals surface area contributed by atoms with Gasteiger partial charge in [-0.2, -0.15) is 0 Å². The van der Waals surface area contributed by atoms with Crippen LogP contribution in [0.3, 0.4) is 0 Å². The molecule has 26 heavy (non-hydrogen) atoms. The lowest BCUT2D eigenvalue weighted by Crippen LogP contribution is -1.97. The van der Waals surface area contributed by atoms with E-state index < -0.39 is 11.9 Å². The Morgan fingerprint density at radius 2 is 1.15 bits per heavy atom. The quantitative estimate of drug-likeness (QED) is 0.595. The molecule has 2 N–H and O–H groups in total. The average Bonchev–Trinajstić information content (AvgIpc) is 2.63. The van der Waals surface area contributed by atoms with Crippen LogP contribution in [0.1, 0.15) is 49.7 Å². The van der Waals surface area contributed by atoms with Gasteiger partial charge in [-0.05, 0) is 73.9 Å². The number of aliphatic carboxylic acids is 2. The van der Waals surface area contributed by atoms with Crippen molar-refractivity contribution in [1.29, 1.82) is 0 Å². The van der Waals surface area contributed by atoms with Gasteiger partial charge in [0.15, 0.2) is 0 Å². The second kappa shape index (κ2) is 10.3. The first-order valence-electron chi connectivity index (χ1n) is 8.88. The lowest BCUT2D eigenvalue weighted by atomic mass is 10.0. The molecule has 0 atom stereocenters. The Kier molecular flexibility index (Phi) is 7.74. The van der Waals surface area contributed by atoms with Crippen LogP contribution in [0.4, 0.5) is 0 Å². The lowest BCUT2D eigenvalue weighted by molar-refractivity contribution is -0.138. The number of pyridine rings is 2. The average molecular weight is 356 g/mol. The number of carbonyl (C=O) groups is 2. The first-order valence-corrected chi connectivity index (χ1v) is 8.88. The third-order valence-corrected chi connectivity index (χ3v) is 4.12. The molecule has 0 radical (unpaired) electrons. The van der Waals surface area contributed by atoms with Crippen molar-refractivity contribution in [2.75, 3.05) is 0 Å². The summed E-state index contributed by atoms with van der Waals surface area (Å²) in [5.74, 6) is -1.52. The fourth-order valence-electron chi connectivity index (χ4n) is 2.75. The number of rotatable bonds is 11. The van der Waals surface area contributed by atoms with Gasteiger partial charge in [0.1, 0.15) is 0 Å². The lowest BCUT2D eigenvalue weighted by Gasteiger charge is -2.06. The Labute approximate surface area is 152 Å². The highest BCUT2D eigenvalue weighted by Gasteiger charge is 2.05. The van der Waals surface area contributed by atoms with Crippen LogP contribution in [0.15, 0.2) is 36.7 Å². The number of hydrogen-bond acceptors (Lipinski definition) is 4. The summed E-state index contributed by atoms with van der Waals surface area (Å²) >= 11 is 0. The van der Waals surface area contributed by atoms with Crippen LogP contribution in [-0.4, -0.2) is 32.1 Å². The molecule has 2 aromatic rings. The van der Waals surface area contributed by atoms with E-state index in [4.69, 9.17) is 10.2 Å². The molecule has 0 bridgehead atoms. The van der Waals surface area contributed by atoms with E-state index in [-0.39, 0.29) is 12.8 Å². The first kappa shape index (κ1) is 19.6. The van der Waals surface area contributed by atoms with Crippen LogP contribution in [0, 0.1) is 0 Å². The van der Waals surface area contributed by atoms with E-state index in [9.17, 15) is 9.59 Å². The number of carboxylic acids is 2. The highest BCUT2D eigenvalue weighted by molar-refractivity contribution is 5.66. The van der Waals surface area contributed by atoms with Crippen molar-refractivity contribution >= 4 is 11.9 Å². The Morgan fingerprint density at radius 1 is 0.731 bits per heavy atom. The van der Waals surface area contributed by atoms with Crippen molar-refractivity contribution in [2.24, 2.45) is 0 Å². The zero-order valence-corrected chi connectivity index (χ0v) is 14.7. The third-order valence-electron chi connectivity index (χ3n) is 4.12. The van der Waals surface area contributed by atoms with E-state index in [0.717, 1.165) is 48.2 Å². The highest BCUT2D eigenvalue weighted by Crippen LogP contribution is 2.19. The van der Waals surface area contributed by atoms with E-state index in [2.05, 4.69) is 9.97 Å². The molecule has 0 aliphatic heterocycles. The normalized spacial score (nSPS) is 10.6. The van der Waals surface area contributed by atoms with E-state index in [1.54, 1.807) is 12.4 Å². The van der Waals surface area contributed by atoms with Crippen molar-refractivity contribution in [3.05, 3.63) is 47.8 Å². The molecule has 6 heteroatoms. The summed E-state index contributed by atoms with van der Waals surface area (Å²) in [5, 5.41) is 17.4. The molecule has 6 nitrogen and oxygen atoms in total. The topological polar surface area (TPSA) is 100 Å². The minimum absolute atomic E-state index is 0.198. The molecule has 0 aliphatic carbocycles. The van der Waals surface area contributed by atoms with Crippen molar-refractivity contribution in [2.45, 2.75) is 51.4 Å². The van der Waals surface area contributed by atoms with Gasteiger partial charge >= 0.3 is 11.9 Å². The van der Waals surface area contributed by atoms with Crippen molar-refractivity contribution in [3.63, 3.8) is 0 Å². The summed E-state index contributed by atoms with van der Waals surface area (Å²) in [6, 6.07) is 7.88. The molecule has 0 unspecified atom stereocenters. The van der Waals surface area contributed by atoms with Crippen molar-refractivity contribution in [3.8, 4) is 11.4 Å². The van der Waals surface area contributed by atoms with Gasteiger partial charge in [-0.25, -0.2) is 0 Å². The minimum Gasteiger partial charge on any atom is -0.481 e. The standard InChI is InChI=1S/C20H24N2O4/c23-19(24)7-3-1-5-15-9-11-21-17(13-15)18-14-16(10-12-22-18)6-2-4-8-20(25)26/h9-14H,1-8H2,(H,23,24)(H,25,26). The van der Waals surface area contributed by atoms with Gasteiger partial charge in [0, 0.05) is 25.2 Å². The van der Waals surface area contributed by atoms with Crippen LogP contribution in [0.25, 0.3) is 11.4 Å². The number of hydrogen-bond donors (Lipinski definition) is 2. The zero-order valence-electron chi connectivity index (χ0n) is 14.7. The fraction of sp³-hybridized carbons (Fsp3) is 0.400. The van der Waals surface area contributed by atoms with E-state index >= 15 is 0 Å². The van der Waals surface area contributed by atoms with E-state index in [0.29, 0.717) is 12.8 Å². The van der Waals surface area contributed by atoms with Crippen LogP contribution in [-0.2, 0) is 22.4 Å². The molecular weight excluding hydrogens is 332 g/mol. The highest BCUT2D eigenvalue weighted by atomic mass is 16.4. The van der Waals surface area contributed by atoms with Crippen molar-refractivity contribution in [1.82, 2.24) is 9.97 Å². The predicted molar refractivity (Wildman–Crippen MR) is 97.8 cm³/mol. The Hall–Kier alpha value is -2.76. The minimum atomic E-state index is -0.759. The third kappa shape index (κ3) is 7.01. The maximum atomic E-state index is 10.6. The molecule has 2 aromatic heterocycles. The van der Waals surface area contributed by atoms with Gasteiger partial charge in [0.2, 0.25) is 0 Å². The number of nitrogens with zero attached hydrogens (tertiary/aromatic N) is 2. The number of unbranched alkanes of at least 4 members (excludes halogenated alkanes) is 2. The summed E-state index contributed by atoms with van der Waals surface area (Å²) in [6.07, 6.45) is 8.52. The zero-order chi connectivity index (χ0) is 18.8. The van der Waals surface area contributed by atoms with Gasteiger partial charge < -0.3 is 10.2 Å². The molecule has 0 aliphatic rings. The van der Waals surface area contributed by atoms with Crippen LogP contribution in [0.5, 0.6) is 0 Å². The summed E-state index contributed by atoms with van der Waals surface area (Å²) in [7, 11) is 0. The SMILES string of the molecule is O=C(O)CCCCc1ccnc(-c2cc(CCCCC(=O)O)ccn2)c1. The Bertz CT molecular complexity index is 683. The smallest absolute Gasteiger partial charge is 0.303 e. The van der Waals surface area contributed by atoms with Crippen molar-refractivity contribution < 1.29 is 19.8 Å². The first-order chi connectivity index (χ1) is 12.5. The number of aryl methyl sites for hydroxylation is 2. The Balaban J connectivity index is 1.95. The molecular formula is C20H24N2O4. The van der Waals surface area contributed by atoms with Gasteiger partial charge in [0.05, 0.1) is 11.4 Å². The molecule has 0 saturated heterocycles. The largest absolute Gasteiger partial charge is 0.481 e. The fourth-order valence-corrected chi connectivity index (χ4v) is 2.75. The van der Waals surface area contributed by atoms with Gasteiger partial charge in [-0.3, -0.25) is 19.6 Å². The molecule has 0 spiro atoms. The molecule has 0 aromatic carbocycles.